The van der Waals surface area contributed by atoms with Crippen molar-refractivity contribution in [2.24, 2.45) is 5.84 Å². The van der Waals surface area contributed by atoms with E-state index in [1.54, 1.807) is 0 Å². The molecule has 10 nitrogen and oxygen atoms in total. The zero-order valence-corrected chi connectivity index (χ0v) is 10.6. The number of aromatic nitrogens is 2. The van der Waals surface area contributed by atoms with Gasteiger partial charge in [0.1, 0.15) is 5.69 Å². The Morgan fingerprint density at radius 1 is 1.58 bits per heavy atom. The lowest BCUT2D eigenvalue weighted by atomic mass is 10.3. The van der Waals surface area contributed by atoms with Gasteiger partial charge < -0.3 is 15.2 Å². The summed E-state index contributed by atoms with van der Waals surface area (Å²) in [7, 11) is 1.46. The summed E-state index contributed by atoms with van der Waals surface area (Å²) in [6.07, 6.45) is 0. The fourth-order valence-corrected chi connectivity index (χ4v) is 1.49. The van der Waals surface area contributed by atoms with E-state index in [2.05, 4.69) is 20.7 Å². The van der Waals surface area contributed by atoms with Crippen molar-refractivity contribution in [1.82, 2.24) is 9.97 Å². The number of ether oxygens (including phenoxy) is 1. The summed E-state index contributed by atoms with van der Waals surface area (Å²) in [6.45, 7) is 1.37. The monoisotopic (exact) mass is 272 g/mol. The summed E-state index contributed by atoms with van der Waals surface area (Å²) in [6, 6.07) is -0.524. The van der Waals surface area contributed by atoms with E-state index in [9.17, 15) is 10.1 Å². The molecular formula is C9H16N6O4. The molecule has 0 aliphatic heterocycles. The van der Waals surface area contributed by atoms with Gasteiger partial charge in [0.25, 0.3) is 0 Å². The quantitative estimate of drug-likeness (QED) is 0.290. The Morgan fingerprint density at radius 3 is 2.74 bits per heavy atom. The van der Waals surface area contributed by atoms with Gasteiger partial charge >= 0.3 is 5.69 Å². The SMILES string of the molecule is COCC(CO)Nc1nc(NN)nc(C)c1[N+](=O)[O-]. The number of rotatable bonds is 7. The summed E-state index contributed by atoms with van der Waals surface area (Å²) in [5.41, 5.74) is 2.11. The molecule has 0 fully saturated rings. The molecular weight excluding hydrogens is 256 g/mol. The Balaban J connectivity index is 3.15. The van der Waals surface area contributed by atoms with Gasteiger partial charge in [0.05, 0.1) is 24.2 Å². The number of anilines is 2. The van der Waals surface area contributed by atoms with Crippen LogP contribution >= 0.6 is 0 Å². The molecule has 0 amide bonds. The van der Waals surface area contributed by atoms with E-state index in [1.165, 1.54) is 14.0 Å². The van der Waals surface area contributed by atoms with E-state index >= 15 is 0 Å². The average Bonchev–Trinajstić information content (AvgIpc) is 2.36. The minimum atomic E-state index is -0.598. The predicted octanol–water partition coefficient (Wildman–Crippen LogP) is -0.602. The van der Waals surface area contributed by atoms with E-state index in [0.717, 1.165) is 0 Å². The molecule has 0 aliphatic carbocycles. The highest BCUT2D eigenvalue weighted by molar-refractivity contribution is 5.61. The van der Waals surface area contributed by atoms with Crippen LogP contribution in [0.3, 0.4) is 0 Å². The van der Waals surface area contributed by atoms with Crippen LogP contribution in [-0.2, 0) is 4.74 Å². The van der Waals surface area contributed by atoms with Crippen molar-refractivity contribution in [2.75, 3.05) is 31.1 Å². The molecule has 0 bridgehead atoms. The second kappa shape index (κ2) is 6.78. The largest absolute Gasteiger partial charge is 0.394 e. The molecule has 0 aromatic carbocycles. The fraction of sp³-hybridized carbons (Fsp3) is 0.556. The number of aliphatic hydroxyl groups is 1. The van der Waals surface area contributed by atoms with Gasteiger partial charge in [0.15, 0.2) is 0 Å². The number of nitrogens with zero attached hydrogens (tertiary/aromatic N) is 3. The Kier molecular flexibility index (Phi) is 5.36. The summed E-state index contributed by atoms with van der Waals surface area (Å²) >= 11 is 0. The Bertz CT molecular complexity index is 455. The molecule has 1 aromatic heterocycles. The third-order valence-corrected chi connectivity index (χ3v) is 2.30. The van der Waals surface area contributed by atoms with Crippen LogP contribution in [0, 0.1) is 17.0 Å². The number of aliphatic hydroxyl groups excluding tert-OH is 1. The topological polar surface area (TPSA) is 148 Å². The van der Waals surface area contributed by atoms with Gasteiger partial charge in [-0.3, -0.25) is 15.5 Å². The van der Waals surface area contributed by atoms with Gasteiger partial charge in [-0.1, -0.05) is 0 Å². The predicted molar refractivity (Wildman–Crippen MR) is 67.6 cm³/mol. The Hall–Kier alpha value is -2.04. The molecule has 19 heavy (non-hydrogen) atoms. The van der Waals surface area contributed by atoms with E-state index in [1.807, 2.05) is 0 Å². The zero-order chi connectivity index (χ0) is 14.4. The molecule has 0 radical (unpaired) electrons. The van der Waals surface area contributed by atoms with Crippen LogP contribution in [0.4, 0.5) is 17.5 Å². The van der Waals surface area contributed by atoms with Crippen molar-refractivity contribution in [2.45, 2.75) is 13.0 Å². The third-order valence-electron chi connectivity index (χ3n) is 2.30. The highest BCUT2D eigenvalue weighted by Crippen LogP contribution is 2.26. The molecule has 106 valence electrons. The molecule has 10 heteroatoms. The number of nitro groups is 1. The van der Waals surface area contributed by atoms with Gasteiger partial charge in [-0.2, -0.15) is 4.98 Å². The molecule has 0 aliphatic rings. The number of hydrogen-bond acceptors (Lipinski definition) is 9. The highest BCUT2D eigenvalue weighted by Gasteiger charge is 2.23. The van der Waals surface area contributed by atoms with Gasteiger partial charge in [-0.05, 0) is 6.92 Å². The van der Waals surface area contributed by atoms with Crippen LogP contribution in [-0.4, -0.2) is 46.4 Å². The zero-order valence-electron chi connectivity index (χ0n) is 10.6. The van der Waals surface area contributed by atoms with E-state index in [0.29, 0.717) is 0 Å². The maximum absolute atomic E-state index is 11.0. The van der Waals surface area contributed by atoms with Gasteiger partial charge in [0.2, 0.25) is 11.8 Å². The number of nitrogen functional groups attached to an aromatic ring is 1. The molecule has 1 unspecified atom stereocenters. The Labute approximate surface area is 109 Å². The first-order valence-electron chi connectivity index (χ1n) is 5.39. The standard InChI is InChI=1S/C9H16N6O4/c1-5-7(15(17)18)8(13-9(11-5)14-10)12-6(3-16)4-19-2/h6,16H,3-4,10H2,1-2H3,(H2,11,12,13,14). The molecule has 1 atom stereocenters. The maximum Gasteiger partial charge on any atom is 0.332 e. The average molecular weight is 272 g/mol. The number of nitrogens with one attached hydrogen (secondary N) is 2. The first-order chi connectivity index (χ1) is 9.03. The van der Waals surface area contributed by atoms with Crippen LogP contribution in [0.5, 0.6) is 0 Å². The normalized spacial score (nSPS) is 12.0. The van der Waals surface area contributed by atoms with E-state index in [4.69, 9.17) is 15.7 Å². The molecule has 1 aromatic rings. The first-order valence-corrected chi connectivity index (χ1v) is 5.39. The lowest BCUT2D eigenvalue weighted by Gasteiger charge is -2.16. The van der Waals surface area contributed by atoms with Gasteiger partial charge in [-0.25, -0.2) is 10.8 Å². The van der Waals surface area contributed by atoms with E-state index < -0.39 is 11.0 Å². The number of methoxy groups -OCH3 is 1. The van der Waals surface area contributed by atoms with Crippen molar-refractivity contribution in [3.63, 3.8) is 0 Å². The summed E-state index contributed by atoms with van der Waals surface area (Å²) in [4.78, 5) is 18.1. The minimum absolute atomic E-state index is 0.0263. The molecule has 0 saturated carbocycles. The van der Waals surface area contributed by atoms with Gasteiger partial charge in [-0.15, -0.1) is 0 Å². The van der Waals surface area contributed by atoms with Crippen molar-refractivity contribution in [3.05, 3.63) is 15.8 Å². The number of hydrogen-bond donors (Lipinski definition) is 4. The third kappa shape index (κ3) is 3.71. The maximum atomic E-state index is 11.0. The lowest BCUT2D eigenvalue weighted by Crippen LogP contribution is -2.30. The second-order valence-corrected chi connectivity index (χ2v) is 3.71. The number of nitrogens with two attached hydrogens (primary N) is 1. The number of hydrazine groups is 1. The van der Waals surface area contributed by atoms with Crippen molar-refractivity contribution < 1.29 is 14.8 Å². The summed E-state index contributed by atoms with van der Waals surface area (Å²) < 4.78 is 4.88. The van der Waals surface area contributed by atoms with Crippen molar-refractivity contribution in [1.29, 1.82) is 0 Å². The summed E-state index contributed by atoms with van der Waals surface area (Å²) in [5, 5.41) is 22.9. The van der Waals surface area contributed by atoms with Gasteiger partial charge in [0, 0.05) is 7.11 Å². The van der Waals surface area contributed by atoms with Crippen LogP contribution < -0.4 is 16.6 Å². The minimum Gasteiger partial charge on any atom is -0.394 e. The molecule has 0 saturated heterocycles. The molecule has 5 N–H and O–H groups in total. The van der Waals surface area contributed by atoms with Crippen LogP contribution in [0.25, 0.3) is 0 Å². The fourth-order valence-electron chi connectivity index (χ4n) is 1.49. The molecule has 1 heterocycles. The van der Waals surface area contributed by atoms with Crippen LogP contribution in [0.2, 0.25) is 0 Å². The van der Waals surface area contributed by atoms with Crippen LogP contribution in [0.1, 0.15) is 5.69 Å². The molecule has 1 rings (SSSR count). The van der Waals surface area contributed by atoms with Crippen molar-refractivity contribution in [3.8, 4) is 0 Å². The Morgan fingerprint density at radius 2 is 2.26 bits per heavy atom. The second-order valence-electron chi connectivity index (χ2n) is 3.71. The first kappa shape index (κ1) is 15.0. The van der Waals surface area contributed by atoms with Crippen molar-refractivity contribution >= 4 is 17.5 Å². The number of aryl methyl sites for hydroxylation is 1. The lowest BCUT2D eigenvalue weighted by molar-refractivity contribution is -0.385. The van der Waals surface area contributed by atoms with Crippen LogP contribution in [0.15, 0.2) is 0 Å². The smallest absolute Gasteiger partial charge is 0.332 e. The highest BCUT2D eigenvalue weighted by atomic mass is 16.6. The summed E-state index contributed by atoms with van der Waals surface area (Å²) in [5.74, 6) is 5.20. The molecule has 0 spiro atoms. The van der Waals surface area contributed by atoms with E-state index in [-0.39, 0.29) is 36.4 Å².